The summed E-state index contributed by atoms with van der Waals surface area (Å²) in [4.78, 5) is 16.6. The molecule has 0 saturated carbocycles. The summed E-state index contributed by atoms with van der Waals surface area (Å²) in [5.41, 5.74) is 2.49. The number of carbonyl (C=O) groups excluding carboxylic acids is 1. The minimum Gasteiger partial charge on any atom is -0.496 e. The second-order valence-electron chi connectivity index (χ2n) is 6.23. The van der Waals surface area contributed by atoms with Crippen LogP contribution in [0.4, 0.5) is 4.39 Å². The summed E-state index contributed by atoms with van der Waals surface area (Å²) in [6.45, 7) is 3.70. The minimum absolute atomic E-state index is 0.171. The molecule has 0 aliphatic carbocycles. The fourth-order valence-electron chi connectivity index (χ4n) is 2.64. The molecule has 7 heteroatoms. The summed E-state index contributed by atoms with van der Waals surface area (Å²) in [6, 6.07) is 11.0. The van der Waals surface area contributed by atoms with E-state index in [-0.39, 0.29) is 24.0 Å². The highest BCUT2D eigenvalue weighted by Crippen LogP contribution is 2.21. The van der Waals surface area contributed by atoms with Crippen LogP contribution in [0.15, 0.2) is 47.0 Å². The van der Waals surface area contributed by atoms with Gasteiger partial charge in [0.2, 0.25) is 17.6 Å². The summed E-state index contributed by atoms with van der Waals surface area (Å²) >= 11 is 0. The van der Waals surface area contributed by atoms with Crippen molar-refractivity contribution in [1.29, 1.82) is 0 Å². The molecule has 1 heterocycles. The van der Waals surface area contributed by atoms with Gasteiger partial charge in [-0.05, 0) is 55.3 Å². The van der Waals surface area contributed by atoms with E-state index in [2.05, 4.69) is 15.5 Å². The maximum absolute atomic E-state index is 13.0. The molecular weight excluding hydrogens is 349 g/mol. The standard InChI is InChI=1S/C20H20FN3O3/c1-12-4-5-14(10-17(12)26-3)11-18(25)22-13(2)20-23-19(24-27-20)15-6-8-16(21)9-7-15/h4-10,13H,11H2,1-3H3,(H,22,25). The van der Waals surface area contributed by atoms with Crippen LogP contribution >= 0.6 is 0 Å². The molecule has 0 aliphatic rings. The van der Waals surface area contributed by atoms with E-state index in [1.807, 2.05) is 25.1 Å². The number of ether oxygens (including phenoxy) is 1. The molecule has 1 unspecified atom stereocenters. The van der Waals surface area contributed by atoms with Crippen molar-refractivity contribution in [2.45, 2.75) is 26.3 Å². The van der Waals surface area contributed by atoms with Crippen LogP contribution in [0.1, 0.15) is 30.0 Å². The van der Waals surface area contributed by atoms with E-state index in [9.17, 15) is 9.18 Å². The first kappa shape index (κ1) is 18.6. The number of carbonyl (C=O) groups is 1. The van der Waals surface area contributed by atoms with Crippen LogP contribution in [-0.4, -0.2) is 23.2 Å². The number of aryl methyl sites for hydroxylation is 1. The average molecular weight is 369 g/mol. The van der Waals surface area contributed by atoms with Gasteiger partial charge in [0.05, 0.1) is 13.5 Å². The van der Waals surface area contributed by atoms with Gasteiger partial charge in [-0.2, -0.15) is 4.98 Å². The van der Waals surface area contributed by atoms with E-state index < -0.39 is 6.04 Å². The number of aromatic nitrogens is 2. The van der Waals surface area contributed by atoms with Gasteiger partial charge >= 0.3 is 0 Å². The molecule has 0 saturated heterocycles. The molecule has 1 aromatic heterocycles. The lowest BCUT2D eigenvalue weighted by molar-refractivity contribution is -0.121. The fourth-order valence-corrected chi connectivity index (χ4v) is 2.64. The number of benzene rings is 2. The molecule has 2 aromatic carbocycles. The summed E-state index contributed by atoms with van der Waals surface area (Å²) < 4.78 is 23.5. The van der Waals surface area contributed by atoms with Gasteiger partial charge in [0.25, 0.3) is 0 Å². The van der Waals surface area contributed by atoms with Crippen molar-refractivity contribution >= 4 is 5.91 Å². The number of rotatable bonds is 6. The molecule has 1 amide bonds. The number of nitrogens with one attached hydrogen (secondary N) is 1. The highest BCUT2D eigenvalue weighted by atomic mass is 19.1. The zero-order chi connectivity index (χ0) is 19.4. The Morgan fingerprint density at radius 1 is 1.26 bits per heavy atom. The number of methoxy groups -OCH3 is 1. The van der Waals surface area contributed by atoms with Crippen LogP contribution in [0.5, 0.6) is 5.75 Å². The third kappa shape index (κ3) is 4.49. The van der Waals surface area contributed by atoms with Gasteiger partial charge in [0, 0.05) is 5.56 Å². The molecule has 1 N–H and O–H groups in total. The van der Waals surface area contributed by atoms with Gasteiger partial charge in [0.1, 0.15) is 17.6 Å². The molecule has 140 valence electrons. The van der Waals surface area contributed by atoms with E-state index in [4.69, 9.17) is 9.26 Å². The number of amides is 1. The second-order valence-corrected chi connectivity index (χ2v) is 6.23. The lowest BCUT2D eigenvalue weighted by atomic mass is 10.1. The highest BCUT2D eigenvalue weighted by Gasteiger charge is 2.18. The lowest BCUT2D eigenvalue weighted by Gasteiger charge is -2.11. The van der Waals surface area contributed by atoms with Crippen molar-refractivity contribution in [3.63, 3.8) is 0 Å². The molecule has 0 radical (unpaired) electrons. The third-order valence-electron chi connectivity index (χ3n) is 4.13. The van der Waals surface area contributed by atoms with Crippen LogP contribution < -0.4 is 10.1 Å². The summed E-state index contributed by atoms with van der Waals surface area (Å²) in [7, 11) is 1.60. The quantitative estimate of drug-likeness (QED) is 0.718. The molecular formula is C20H20FN3O3. The Balaban J connectivity index is 1.64. The van der Waals surface area contributed by atoms with Crippen molar-refractivity contribution in [3.05, 3.63) is 65.3 Å². The van der Waals surface area contributed by atoms with Crippen molar-refractivity contribution in [3.8, 4) is 17.1 Å². The molecule has 3 aromatic rings. The van der Waals surface area contributed by atoms with Crippen molar-refractivity contribution in [2.75, 3.05) is 7.11 Å². The SMILES string of the molecule is COc1cc(CC(=O)NC(C)c2nc(-c3ccc(F)cc3)no2)ccc1C. The number of hydrogen-bond donors (Lipinski definition) is 1. The third-order valence-corrected chi connectivity index (χ3v) is 4.13. The van der Waals surface area contributed by atoms with Gasteiger partial charge < -0.3 is 14.6 Å². The number of nitrogens with zero attached hydrogens (tertiary/aromatic N) is 2. The Bertz CT molecular complexity index is 938. The molecule has 6 nitrogen and oxygen atoms in total. The molecule has 0 aliphatic heterocycles. The normalized spacial score (nSPS) is 11.9. The number of hydrogen-bond acceptors (Lipinski definition) is 5. The van der Waals surface area contributed by atoms with Gasteiger partial charge in [-0.25, -0.2) is 4.39 Å². The topological polar surface area (TPSA) is 77.2 Å². The molecule has 0 fully saturated rings. The zero-order valence-corrected chi connectivity index (χ0v) is 15.3. The Hall–Kier alpha value is -3.22. The van der Waals surface area contributed by atoms with E-state index in [1.165, 1.54) is 12.1 Å². The lowest BCUT2D eigenvalue weighted by Crippen LogP contribution is -2.28. The average Bonchev–Trinajstić information content (AvgIpc) is 3.14. The highest BCUT2D eigenvalue weighted by molar-refractivity contribution is 5.79. The van der Waals surface area contributed by atoms with Gasteiger partial charge in [-0.15, -0.1) is 0 Å². The van der Waals surface area contributed by atoms with Gasteiger partial charge in [-0.1, -0.05) is 17.3 Å². The van der Waals surface area contributed by atoms with E-state index in [0.29, 0.717) is 11.4 Å². The van der Waals surface area contributed by atoms with Crippen molar-refractivity contribution < 1.29 is 18.4 Å². The molecule has 3 rings (SSSR count). The second kappa shape index (κ2) is 7.99. The monoisotopic (exact) mass is 369 g/mol. The van der Waals surface area contributed by atoms with Crippen LogP contribution in [0.2, 0.25) is 0 Å². The van der Waals surface area contributed by atoms with E-state index >= 15 is 0 Å². The molecule has 0 spiro atoms. The van der Waals surface area contributed by atoms with E-state index in [1.54, 1.807) is 26.2 Å². The van der Waals surface area contributed by atoms with Crippen molar-refractivity contribution in [1.82, 2.24) is 15.5 Å². The van der Waals surface area contributed by atoms with E-state index in [0.717, 1.165) is 16.9 Å². The zero-order valence-electron chi connectivity index (χ0n) is 15.3. The predicted molar refractivity (Wildman–Crippen MR) is 97.7 cm³/mol. The maximum Gasteiger partial charge on any atom is 0.249 e. The first-order valence-corrected chi connectivity index (χ1v) is 8.48. The summed E-state index contributed by atoms with van der Waals surface area (Å²) in [6.07, 6.45) is 0.208. The van der Waals surface area contributed by atoms with Crippen LogP contribution in [0.25, 0.3) is 11.4 Å². The number of halogens is 1. The Morgan fingerprint density at radius 3 is 2.70 bits per heavy atom. The first-order chi connectivity index (χ1) is 13.0. The largest absolute Gasteiger partial charge is 0.496 e. The van der Waals surface area contributed by atoms with Crippen LogP contribution in [-0.2, 0) is 11.2 Å². The van der Waals surface area contributed by atoms with Crippen LogP contribution in [0.3, 0.4) is 0 Å². The van der Waals surface area contributed by atoms with Crippen LogP contribution in [0, 0.1) is 12.7 Å². The first-order valence-electron chi connectivity index (χ1n) is 8.48. The minimum atomic E-state index is -0.452. The Kier molecular flexibility index (Phi) is 5.49. The Labute approximate surface area is 156 Å². The molecule has 1 atom stereocenters. The van der Waals surface area contributed by atoms with Gasteiger partial charge in [-0.3, -0.25) is 4.79 Å². The molecule has 0 bridgehead atoms. The molecule has 27 heavy (non-hydrogen) atoms. The van der Waals surface area contributed by atoms with Gasteiger partial charge in [0.15, 0.2) is 0 Å². The summed E-state index contributed by atoms with van der Waals surface area (Å²) in [5.74, 6) is 0.860. The smallest absolute Gasteiger partial charge is 0.249 e. The Morgan fingerprint density at radius 2 is 2.00 bits per heavy atom. The maximum atomic E-state index is 13.0. The predicted octanol–water partition coefficient (Wildman–Crippen LogP) is 3.61. The fraction of sp³-hybridized carbons (Fsp3) is 0.250. The van der Waals surface area contributed by atoms with Crippen molar-refractivity contribution in [2.24, 2.45) is 0 Å². The summed E-state index contributed by atoms with van der Waals surface area (Å²) in [5, 5.41) is 6.72.